The van der Waals surface area contributed by atoms with Gasteiger partial charge in [0.05, 0.1) is 0 Å². The van der Waals surface area contributed by atoms with Crippen LogP contribution in [0.1, 0.15) is 21.7 Å². The first-order valence-corrected chi connectivity index (χ1v) is 10.6. The number of amides is 1. The highest BCUT2D eigenvalue weighted by Gasteiger charge is 2.13. The molecule has 2 aromatic heterocycles. The lowest BCUT2D eigenvalue weighted by Gasteiger charge is -2.12. The molecule has 7 nitrogen and oxygen atoms in total. The summed E-state index contributed by atoms with van der Waals surface area (Å²) < 4.78 is 2.56. The number of rotatable bonds is 3. The number of thiocarbonyl (C=S) groups is 1. The molecule has 2 N–H and O–H groups in total. The quantitative estimate of drug-likeness (QED) is 0.418. The summed E-state index contributed by atoms with van der Waals surface area (Å²) in [6.07, 6.45) is 0. The third-order valence-electron chi connectivity index (χ3n) is 4.18. The second kappa shape index (κ2) is 7.97. The molecule has 0 radical (unpaired) electrons. The van der Waals surface area contributed by atoms with E-state index in [4.69, 9.17) is 12.2 Å². The van der Waals surface area contributed by atoms with Gasteiger partial charge < -0.3 is 5.32 Å². The van der Waals surface area contributed by atoms with E-state index >= 15 is 0 Å². The number of halogens is 1. The summed E-state index contributed by atoms with van der Waals surface area (Å²) in [5.74, 6) is 0.484. The second-order valence-electron chi connectivity index (χ2n) is 6.30. The molecule has 146 valence electrons. The van der Waals surface area contributed by atoms with Crippen LogP contribution < -0.4 is 10.6 Å². The average Bonchev–Trinajstić information content (AvgIpc) is 3.25. The number of fused-ring (bicyclic) bond motifs is 1. The third kappa shape index (κ3) is 4.19. The van der Waals surface area contributed by atoms with Gasteiger partial charge in [-0.25, -0.2) is 0 Å². The molecule has 0 fully saturated rings. The minimum absolute atomic E-state index is 0.236. The highest BCUT2D eigenvalue weighted by atomic mass is 79.9. The number of benzene rings is 2. The van der Waals surface area contributed by atoms with Crippen molar-refractivity contribution in [2.75, 3.05) is 5.32 Å². The summed E-state index contributed by atoms with van der Waals surface area (Å²) in [6.45, 7) is 3.83. The predicted molar refractivity (Wildman–Crippen MR) is 121 cm³/mol. The minimum atomic E-state index is -0.270. The van der Waals surface area contributed by atoms with E-state index in [0.717, 1.165) is 37.1 Å². The van der Waals surface area contributed by atoms with Crippen LogP contribution in [0.25, 0.3) is 15.5 Å². The molecule has 4 rings (SSSR count). The zero-order valence-electron chi connectivity index (χ0n) is 15.4. The number of aromatic nitrogens is 4. The van der Waals surface area contributed by atoms with Crippen LogP contribution in [0.5, 0.6) is 0 Å². The van der Waals surface area contributed by atoms with Gasteiger partial charge in [0, 0.05) is 21.3 Å². The van der Waals surface area contributed by atoms with Crippen LogP contribution in [-0.2, 0) is 0 Å². The highest BCUT2D eigenvalue weighted by molar-refractivity contribution is 9.10. The maximum atomic E-state index is 12.3. The fourth-order valence-corrected chi connectivity index (χ4v) is 4.21. The molecule has 2 heterocycles. The predicted octanol–water partition coefficient (Wildman–Crippen LogP) is 4.36. The summed E-state index contributed by atoms with van der Waals surface area (Å²) >= 11 is 10.1. The Morgan fingerprint density at radius 1 is 1.17 bits per heavy atom. The van der Waals surface area contributed by atoms with E-state index in [-0.39, 0.29) is 11.0 Å². The summed E-state index contributed by atoms with van der Waals surface area (Å²) in [5.41, 5.74) is 3.29. The Hall–Kier alpha value is -2.69. The Balaban J connectivity index is 1.47. The van der Waals surface area contributed by atoms with Crippen LogP contribution in [0.15, 0.2) is 46.9 Å². The lowest BCUT2D eigenvalue weighted by Crippen LogP contribution is -2.34. The molecule has 0 bridgehead atoms. The van der Waals surface area contributed by atoms with Gasteiger partial charge in [-0.05, 0) is 68.0 Å². The van der Waals surface area contributed by atoms with Gasteiger partial charge in [0.2, 0.25) is 4.96 Å². The molecule has 0 aliphatic heterocycles. The highest BCUT2D eigenvalue weighted by Crippen LogP contribution is 2.28. The van der Waals surface area contributed by atoms with Gasteiger partial charge in [-0.3, -0.25) is 10.1 Å². The lowest BCUT2D eigenvalue weighted by molar-refractivity contribution is 0.0977. The molecule has 4 aromatic rings. The Kier molecular flexibility index (Phi) is 5.39. The largest absolute Gasteiger partial charge is 0.332 e. The van der Waals surface area contributed by atoms with Crippen molar-refractivity contribution in [3.8, 4) is 10.6 Å². The van der Waals surface area contributed by atoms with E-state index in [2.05, 4.69) is 41.9 Å². The van der Waals surface area contributed by atoms with Crippen molar-refractivity contribution >= 4 is 61.2 Å². The smallest absolute Gasteiger partial charge is 0.257 e. The second-order valence-corrected chi connectivity index (χ2v) is 8.58. The van der Waals surface area contributed by atoms with Gasteiger partial charge in [-0.15, -0.1) is 10.2 Å². The molecule has 29 heavy (non-hydrogen) atoms. The standard InChI is InChI=1S/C19H15BrN6OS2/c1-10-8-13(17-25-26-11(2)23-24-19(26)29-17)6-7-15(10)21-18(28)22-16(27)12-4-3-5-14(20)9-12/h3-9H,1-2H3,(H2,21,22,27,28). The maximum Gasteiger partial charge on any atom is 0.257 e. The number of aryl methyl sites for hydroxylation is 2. The van der Waals surface area contributed by atoms with Crippen LogP contribution in [0, 0.1) is 13.8 Å². The Labute approximate surface area is 184 Å². The number of nitrogens with one attached hydrogen (secondary N) is 2. The first-order chi connectivity index (χ1) is 13.9. The van der Waals surface area contributed by atoms with Crippen LogP contribution in [0.4, 0.5) is 5.69 Å². The van der Waals surface area contributed by atoms with E-state index in [0.29, 0.717) is 5.56 Å². The van der Waals surface area contributed by atoms with Crippen molar-refractivity contribution in [2.45, 2.75) is 13.8 Å². The Morgan fingerprint density at radius 2 is 2.00 bits per heavy atom. The van der Waals surface area contributed by atoms with E-state index in [1.54, 1.807) is 22.7 Å². The monoisotopic (exact) mass is 486 g/mol. The molecular formula is C19H15BrN6OS2. The van der Waals surface area contributed by atoms with E-state index in [1.807, 2.05) is 38.1 Å². The molecule has 0 saturated carbocycles. The fourth-order valence-electron chi connectivity index (χ4n) is 2.73. The van der Waals surface area contributed by atoms with Crippen LogP contribution in [0.2, 0.25) is 0 Å². The molecule has 0 saturated heterocycles. The first-order valence-electron chi connectivity index (χ1n) is 8.58. The fraction of sp³-hybridized carbons (Fsp3) is 0.105. The van der Waals surface area contributed by atoms with Crippen molar-refractivity contribution < 1.29 is 4.79 Å². The van der Waals surface area contributed by atoms with Crippen molar-refractivity contribution in [3.63, 3.8) is 0 Å². The zero-order valence-corrected chi connectivity index (χ0v) is 18.7. The Morgan fingerprint density at radius 3 is 2.72 bits per heavy atom. The van der Waals surface area contributed by atoms with Gasteiger partial charge >= 0.3 is 0 Å². The molecule has 0 aliphatic rings. The lowest BCUT2D eigenvalue weighted by atomic mass is 10.1. The normalized spacial score (nSPS) is 10.9. The molecule has 0 aliphatic carbocycles. The van der Waals surface area contributed by atoms with Crippen molar-refractivity contribution in [1.29, 1.82) is 0 Å². The van der Waals surface area contributed by atoms with Gasteiger partial charge in [0.1, 0.15) is 5.01 Å². The minimum Gasteiger partial charge on any atom is -0.332 e. The summed E-state index contributed by atoms with van der Waals surface area (Å²) in [7, 11) is 0. The molecule has 10 heteroatoms. The molecule has 0 unspecified atom stereocenters. The molecule has 1 amide bonds. The number of carbonyl (C=O) groups is 1. The summed E-state index contributed by atoms with van der Waals surface area (Å²) in [5, 5.41) is 19.5. The number of hydrogen-bond acceptors (Lipinski definition) is 6. The van der Waals surface area contributed by atoms with Gasteiger partial charge in [-0.1, -0.05) is 33.3 Å². The van der Waals surface area contributed by atoms with Crippen LogP contribution >= 0.6 is 39.5 Å². The van der Waals surface area contributed by atoms with Gasteiger partial charge in [0.25, 0.3) is 5.91 Å². The first kappa shape index (κ1) is 19.6. The zero-order chi connectivity index (χ0) is 20.5. The number of carbonyl (C=O) groups excluding carboxylic acids is 1. The number of nitrogens with zero attached hydrogens (tertiary/aromatic N) is 4. The molecule has 2 aromatic carbocycles. The molecule has 0 atom stereocenters. The van der Waals surface area contributed by atoms with Crippen LogP contribution in [0.3, 0.4) is 0 Å². The topological polar surface area (TPSA) is 84.2 Å². The van der Waals surface area contributed by atoms with Crippen LogP contribution in [-0.4, -0.2) is 30.8 Å². The van der Waals surface area contributed by atoms with Gasteiger partial charge in [0.15, 0.2) is 10.9 Å². The summed E-state index contributed by atoms with van der Waals surface area (Å²) in [4.78, 5) is 13.1. The van der Waals surface area contributed by atoms with Gasteiger partial charge in [-0.2, -0.15) is 9.61 Å². The maximum absolute atomic E-state index is 12.3. The number of anilines is 1. The van der Waals surface area contributed by atoms with Crippen molar-refractivity contribution in [3.05, 3.63) is 63.9 Å². The third-order valence-corrected chi connectivity index (χ3v) is 5.83. The average molecular weight is 487 g/mol. The van der Waals surface area contributed by atoms with E-state index in [1.165, 1.54) is 11.3 Å². The molecule has 0 spiro atoms. The summed E-state index contributed by atoms with van der Waals surface area (Å²) in [6, 6.07) is 13.0. The van der Waals surface area contributed by atoms with E-state index in [9.17, 15) is 4.79 Å². The SMILES string of the molecule is Cc1cc(-c2nn3c(C)nnc3s2)ccc1NC(=S)NC(=O)c1cccc(Br)c1. The Bertz CT molecular complexity index is 1250. The van der Waals surface area contributed by atoms with Crippen molar-refractivity contribution in [1.82, 2.24) is 25.1 Å². The molecular weight excluding hydrogens is 472 g/mol. The van der Waals surface area contributed by atoms with Crippen molar-refractivity contribution in [2.24, 2.45) is 0 Å². The number of hydrogen-bond donors (Lipinski definition) is 2. The van der Waals surface area contributed by atoms with E-state index < -0.39 is 0 Å².